The van der Waals surface area contributed by atoms with Crippen LogP contribution >= 0.6 is 11.8 Å². The molecule has 74 valence electrons. The lowest BCUT2D eigenvalue weighted by Gasteiger charge is -2.07. The maximum absolute atomic E-state index is 11.0. The van der Waals surface area contributed by atoms with Crippen molar-refractivity contribution in [2.75, 3.05) is 13.7 Å². The van der Waals surface area contributed by atoms with Gasteiger partial charge in [0.2, 0.25) is 0 Å². The number of methoxy groups -OCH3 is 1. The molecule has 1 heterocycles. The maximum atomic E-state index is 11.0. The van der Waals surface area contributed by atoms with Crippen LogP contribution in [0.1, 0.15) is 10.8 Å². The Morgan fingerprint density at radius 3 is 2.64 bits per heavy atom. The molecule has 1 amide bonds. The van der Waals surface area contributed by atoms with E-state index in [0.29, 0.717) is 0 Å². The molecule has 0 unspecified atom stereocenters. The van der Waals surface area contributed by atoms with Gasteiger partial charge in [0.1, 0.15) is 5.75 Å². The average molecular weight is 209 g/mol. The SMILES string of the molecule is COc1ccc([C@H]2CNC(=O)S2)cc1. The topological polar surface area (TPSA) is 38.3 Å². The van der Waals surface area contributed by atoms with Crippen LogP contribution in [0.4, 0.5) is 4.79 Å². The molecule has 1 aromatic rings. The zero-order valence-electron chi connectivity index (χ0n) is 7.82. The van der Waals surface area contributed by atoms with Crippen molar-refractivity contribution in [3.8, 4) is 5.75 Å². The van der Waals surface area contributed by atoms with E-state index in [0.717, 1.165) is 17.9 Å². The van der Waals surface area contributed by atoms with Crippen LogP contribution in [0.3, 0.4) is 0 Å². The summed E-state index contributed by atoms with van der Waals surface area (Å²) in [5.41, 5.74) is 1.16. The summed E-state index contributed by atoms with van der Waals surface area (Å²) in [5, 5.41) is 3.09. The standard InChI is InChI=1S/C10H11NO2S/c1-13-8-4-2-7(3-5-8)9-6-11-10(12)14-9/h2-5,9H,6H2,1H3,(H,11,12)/t9-/m1/s1. The van der Waals surface area contributed by atoms with E-state index in [-0.39, 0.29) is 10.5 Å². The second-order valence-corrected chi connectivity index (χ2v) is 4.22. The molecule has 1 aliphatic rings. The number of benzene rings is 1. The first-order valence-electron chi connectivity index (χ1n) is 4.38. The first kappa shape index (κ1) is 9.40. The van der Waals surface area contributed by atoms with E-state index in [1.54, 1.807) is 7.11 Å². The highest BCUT2D eigenvalue weighted by molar-refractivity contribution is 8.14. The van der Waals surface area contributed by atoms with Crippen molar-refractivity contribution < 1.29 is 9.53 Å². The molecule has 1 atom stereocenters. The smallest absolute Gasteiger partial charge is 0.279 e. The summed E-state index contributed by atoms with van der Waals surface area (Å²) < 4.78 is 5.06. The predicted octanol–water partition coefficient (Wildman–Crippen LogP) is 2.19. The van der Waals surface area contributed by atoms with Crippen molar-refractivity contribution in [1.29, 1.82) is 0 Å². The second-order valence-electron chi connectivity index (χ2n) is 3.05. The van der Waals surface area contributed by atoms with Gasteiger partial charge in [-0.15, -0.1) is 0 Å². The molecule has 0 spiro atoms. The molecule has 0 aromatic heterocycles. The first-order chi connectivity index (χ1) is 6.79. The van der Waals surface area contributed by atoms with E-state index < -0.39 is 0 Å². The quantitative estimate of drug-likeness (QED) is 0.811. The fourth-order valence-corrected chi connectivity index (χ4v) is 2.28. The lowest BCUT2D eigenvalue weighted by molar-refractivity contribution is 0.262. The van der Waals surface area contributed by atoms with Crippen LogP contribution in [-0.2, 0) is 0 Å². The van der Waals surface area contributed by atoms with E-state index in [2.05, 4.69) is 5.32 Å². The lowest BCUT2D eigenvalue weighted by Crippen LogP contribution is -2.11. The number of hydrogen-bond donors (Lipinski definition) is 1. The second kappa shape index (κ2) is 3.92. The maximum Gasteiger partial charge on any atom is 0.279 e. The molecule has 14 heavy (non-hydrogen) atoms. The summed E-state index contributed by atoms with van der Waals surface area (Å²) in [6.07, 6.45) is 0. The molecule has 0 bridgehead atoms. The minimum atomic E-state index is 0.0609. The molecule has 3 nitrogen and oxygen atoms in total. The van der Waals surface area contributed by atoms with Crippen LogP contribution < -0.4 is 10.1 Å². The molecule has 1 N–H and O–H groups in total. The fourth-order valence-electron chi connectivity index (χ4n) is 1.39. The number of nitrogens with one attached hydrogen (secondary N) is 1. The predicted molar refractivity (Wildman–Crippen MR) is 56.7 cm³/mol. The van der Waals surface area contributed by atoms with Gasteiger partial charge in [0, 0.05) is 6.54 Å². The van der Waals surface area contributed by atoms with Crippen LogP contribution in [0.15, 0.2) is 24.3 Å². The number of rotatable bonds is 2. The Kier molecular flexibility index (Phi) is 2.63. The normalized spacial score (nSPS) is 20.6. The zero-order chi connectivity index (χ0) is 9.97. The van der Waals surface area contributed by atoms with Crippen LogP contribution in [0, 0.1) is 0 Å². The summed E-state index contributed by atoms with van der Waals surface area (Å²) >= 11 is 1.34. The number of carbonyl (C=O) groups excluding carboxylic acids is 1. The first-order valence-corrected chi connectivity index (χ1v) is 5.26. The van der Waals surface area contributed by atoms with Gasteiger partial charge in [0.15, 0.2) is 0 Å². The molecule has 0 radical (unpaired) electrons. The van der Waals surface area contributed by atoms with E-state index in [4.69, 9.17) is 4.74 Å². The Morgan fingerprint density at radius 1 is 1.43 bits per heavy atom. The summed E-state index contributed by atoms with van der Waals surface area (Å²) in [6.45, 7) is 0.718. The minimum Gasteiger partial charge on any atom is -0.497 e. The number of ether oxygens (including phenoxy) is 1. The van der Waals surface area contributed by atoms with Crippen molar-refractivity contribution in [1.82, 2.24) is 5.32 Å². The van der Waals surface area contributed by atoms with Crippen LogP contribution in [0.5, 0.6) is 5.75 Å². The third-order valence-corrected chi connectivity index (χ3v) is 3.25. The Morgan fingerprint density at radius 2 is 2.14 bits per heavy atom. The van der Waals surface area contributed by atoms with Gasteiger partial charge in [0.05, 0.1) is 12.4 Å². The Hall–Kier alpha value is -1.16. The van der Waals surface area contributed by atoms with Gasteiger partial charge in [-0.2, -0.15) is 0 Å². The van der Waals surface area contributed by atoms with Gasteiger partial charge in [0.25, 0.3) is 5.24 Å². The molecule has 1 saturated heterocycles. The Bertz CT molecular complexity index is 336. The van der Waals surface area contributed by atoms with Crippen molar-refractivity contribution in [2.24, 2.45) is 0 Å². The third-order valence-electron chi connectivity index (χ3n) is 2.17. The number of thioether (sulfide) groups is 1. The van der Waals surface area contributed by atoms with Gasteiger partial charge in [-0.1, -0.05) is 23.9 Å². The fraction of sp³-hybridized carbons (Fsp3) is 0.300. The molecule has 2 rings (SSSR count). The van der Waals surface area contributed by atoms with E-state index >= 15 is 0 Å². The van der Waals surface area contributed by atoms with Crippen molar-refractivity contribution in [2.45, 2.75) is 5.25 Å². The van der Waals surface area contributed by atoms with Crippen molar-refractivity contribution in [3.05, 3.63) is 29.8 Å². The van der Waals surface area contributed by atoms with Crippen molar-refractivity contribution >= 4 is 17.0 Å². The lowest BCUT2D eigenvalue weighted by atomic mass is 10.1. The Balaban J connectivity index is 2.13. The minimum absolute atomic E-state index is 0.0609. The molecular formula is C10H11NO2S. The highest BCUT2D eigenvalue weighted by Gasteiger charge is 2.23. The molecular weight excluding hydrogens is 198 g/mol. The van der Waals surface area contributed by atoms with Gasteiger partial charge >= 0.3 is 0 Å². The molecule has 1 fully saturated rings. The van der Waals surface area contributed by atoms with Crippen LogP contribution in [-0.4, -0.2) is 18.9 Å². The number of carbonyl (C=O) groups is 1. The van der Waals surface area contributed by atoms with Gasteiger partial charge in [-0.05, 0) is 17.7 Å². The largest absolute Gasteiger partial charge is 0.497 e. The molecule has 0 saturated carbocycles. The van der Waals surface area contributed by atoms with E-state index in [1.807, 2.05) is 24.3 Å². The number of hydrogen-bond acceptors (Lipinski definition) is 3. The van der Waals surface area contributed by atoms with Crippen LogP contribution in [0.2, 0.25) is 0 Å². The molecule has 1 aliphatic heterocycles. The summed E-state index contributed by atoms with van der Waals surface area (Å²) in [6, 6.07) is 7.82. The van der Waals surface area contributed by atoms with E-state index in [9.17, 15) is 4.79 Å². The zero-order valence-corrected chi connectivity index (χ0v) is 8.64. The molecule has 0 aliphatic carbocycles. The van der Waals surface area contributed by atoms with Gasteiger partial charge < -0.3 is 10.1 Å². The Labute approximate surface area is 86.8 Å². The van der Waals surface area contributed by atoms with E-state index in [1.165, 1.54) is 11.8 Å². The van der Waals surface area contributed by atoms with Gasteiger partial charge in [-0.25, -0.2) is 0 Å². The molecule has 4 heteroatoms. The van der Waals surface area contributed by atoms with Crippen molar-refractivity contribution in [3.63, 3.8) is 0 Å². The average Bonchev–Trinajstić information content (AvgIpc) is 2.65. The summed E-state index contributed by atoms with van der Waals surface area (Å²) in [5.74, 6) is 0.844. The van der Waals surface area contributed by atoms with Crippen LogP contribution in [0.25, 0.3) is 0 Å². The monoisotopic (exact) mass is 209 g/mol. The summed E-state index contributed by atoms with van der Waals surface area (Å²) in [4.78, 5) is 11.0. The third kappa shape index (κ3) is 1.85. The highest BCUT2D eigenvalue weighted by atomic mass is 32.2. The number of amides is 1. The summed E-state index contributed by atoms with van der Waals surface area (Å²) in [7, 11) is 1.64. The highest BCUT2D eigenvalue weighted by Crippen LogP contribution is 2.33. The molecule has 1 aromatic carbocycles. The van der Waals surface area contributed by atoms with Gasteiger partial charge in [-0.3, -0.25) is 4.79 Å².